The van der Waals surface area contributed by atoms with Crippen molar-refractivity contribution in [1.82, 2.24) is 25.7 Å². The van der Waals surface area contributed by atoms with E-state index in [1.165, 1.54) is 27.0 Å². The topological polar surface area (TPSA) is 156 Å². The lowest BCUT2D eigenvalue weighted by Gasteiger charge is -2.15. The van der Waals surface area contributed by atoms with E-state index >= 15 is 0 Å². The first kappa shape index (κ1) is 23.1. The summed E-state index contributed by atoms with van der Waals surface area (Å²) in [6, 6.07) is 10.8. The Balaban J connectivity index is 1.50. The maximum Gasteiger partial charge on any atom is 0.270 e. The normalized spacial score (nSPS) is 12.4. The number of pyridine rings is 1. The van der Waals surface area contributed by atoms with Crippen molar-refractivity contribution in [3.63, 3.8) is 0 Å². The van der Waals surface area contributed by atoms with Gasteiger partial charge in [-0.25, -0.2) is 13.4 Å². The average Bonchev–Trinajstić information content (AvgIpc) is 3.46. The van der Waals surface area contributed by atoms with Crippen LogP contribution in [0.25, 0.3) is 22.4 Å². The Labute approximate surface area is 194 Å². The second kappa shape index (κ2) is 9.08. The molecule has 176 valence electrons. The second-order valence-corrected chi connectivity index (χ2v) is 9.14. The van der Waals surface area contributed by atoms with Gasteiger partial charge in [-0.3, -0.25) is 20.4 Å². The molecule has 0 spiro atoms. The van der Waals surface area contributed by atoms with Gasteiger partial charge in [0.25, 0.3) is 11.8 Å². The molecule has 3 N–H and O–H groups in total. The van der Waals surface area contributed by atoms with E-state index in [4.69, 9.17) is 8.94 Å². The molecule has 0 radical (unpaired) electrons. The third-order valence-corrected chi connectivity index (χ3v) is 6.78. The number of aryl methyl sites for hydroxylation is 2. The SMILES string of the molecule is Cc1noc(C)c1S(=O)(=O)N[C@@H](C)C(=O)NNC(=O)c1cc(-c2ccco2)nc2ccccc12. The zero-order valence-electron chi connectivity index (χ0n) is 18.4. The molecule has 0 saturated carbocycles. The van der Waals surface area contributed by atoms with Crippen molar-refractivity contribution in [2.24, 2.45) is 0 Å². The molecule has 4 aromatic rings. The van der Waals surface area contributed by atoms with Crippen LogP contribution in [0.3, 0.4) is 0 Å². The third kappa shape index (κ3) is 4.54. The molecule has 2 amide bonds. The Morgan fingerprint density at radius 3 is 2.50 bits per heavy atom. The van der Waals surface area contributed by atoms with Gasteiger partial charge in [0.05, 0.1) is 23.4 Å². The van der Waals surface area contributed by atoms with E-state index in [1.807, 2.05) is 0 Å². The van der Waals surface area contributed by atoms with Crippen LogP contribution in [-0.2, 0) is 14.8 Å². The number of aromatic nitrogens is 2. The monoisotopic (exact) mass is 483 g/mol. The number of furan rings is 1. The number of sulfonamides is 1. The Morgan fingerprint density at radius 2 is 1.82 bits per heavy atom. The van der Waals surface area contributed by atoms with Crippen molar-refractivity contribution >= 4 is 32.7 Å². The third-order valence-electron chi connectivity index (χ3n) is 5.00. The zero-order valence-corrected chi connectivity index (χ0v) is 19.3. The Kier molecular flexibility index (Phi) is 6.18. The predicted octanol–water partition coefficient (Wildman–Crippen LogP) is 2.23. The quantitative estimate of drug-likeness (QED) is 0.353. The Bertz CT molecular complexity index is 1460. The van der Waals surface area contributed by atoms with Gasteiger partial charge in [0, 0.05) is 5.39 Å². The number of nitrogens with one attached hydrogen (secondary N) is 3. The van der Waals surface area contributed by atoms with Crippen LogP contribution >= 0.6 is 0 Å². The summed E-state index contributed by atoms with van der Waals surface area (Å²) in [4.78, 5) is 29.8. The summed E-state index contributed by atoms with van der Waals surface area (Å²) in [5.41, 5.74) is 6.00. The highest BCUT2D eigenvalue weighted by Crippen LogP contribution is 2.25. The summed E-state index contributed by atoms with van der Waals surface area (Å²) >= 11 is 0. The number of rotatable bonds is 6. The summed E-state index contributed by atoms with van der Waals surface area (Å²) in [5.74, 6) is -0.803. The lowest BCUT2D eigenvalue weighted by Crippen LogP contribution is -2.51. The molecule has 0 aliphatic heterocycles. The Morgan fingerprint density at radius 1 is 1.06 bits per heavy atom. The van der Waals surface area contributed by atoms with Gasteiger partial charge in [-0.2, -0.15) is 4.72 Å². The molecule has 0 unspecified atom stereocenters. The predicted molar refractivity (Wildman–Crippen MR) is 121 cm³/mol. The van der Waals surface area contributed by atoms with Gasteiger partial charge in [-0.1, -0.05) is 23.4 Å². The summed E-state index contributed by atoms with van der Waals surface area (Å²) in [6.45, 7) is 4.27. The van der Waals surface area contributed by atoms with Crippen LogP contribution in [-0.4, -0.2) is 36.4 Å². The largest absolute Gasteiger partial charge is 0.463 e. The maximum atomic E-state index is 12.9. The molecule has 0 aliphatic carbocycles. The Hall–Kier alpha value is -4.03. The van der Waals surface area contributed by atoms with E-state index in [2.05, 4.69) is 25.7 Å². The van der Waals surface area contributed by atoms with E-state index in [-0.39, 0.29) is 21.9 Å². The molecule has 11 nitrogen and oxygen atoms in total. The minimum Gasteiger partial charge on any atom is -0.463 e. The van der Waals surface area contributed by atoms with E-state index < -0.39 is 27.9 Å². The van der Waals surface area contributed by atoms with Crippen molar-refractivity contribution in [2.75, 3.05) is 0 Å². The van der Waals surface area contributed by atoms with Crippen molar-refractivity contribution in [3.05, 3.63) is 65.7 Å². The first-order valence-electron chi connectivity index (χ1n) is 10.2. The highest BCUT2D eigenvalue weighted by molar-refractivity contribution is 7.89. The number of hydrogen-bond donors (Lipinski definition) is 3. The molecule has 34 heavy (non-hydrogen) atoms. The van der Waals surface area contributed by atoms with E-state index in [1.54, 1.807) is 42.5 Å². The minimum atomic E-state index is -4.07. The molecule has 12 heteroatoms. The summed E-state index contributed by atoms with van der Waals surface area (Å²) in [6.07, 6.45) is 1.50. The molecule has 0 bridgehead atoms. The molecule has 1 atom stereocenters. The number of nitrogens with zero attached hydrogens (tertiary/aromatic N) is 2. The fourth-order valence-electron chi connectivity index (χ4n) is 3.41. The molecule has 0 aliphatic rings. The van der Waals surface area contributed by atoms with Gasteiger partial charge in [-0.15, -0.1) is 0 Å². The molecule has 4 rings (SSSR count). The van der Waals surface area contributed by atoms with E-state index in [0.717, 1.165) is 0 Å². The lowest BCUT2D eigenvalue weighted by molar-refractivity contribution is -0.123. The summed E-state index contributed by atoms with van der Waals surface area (Å²) < 4.78 is 37.7. The van der Waals surface area contributed by atoms with Crippen LogP contribution in [0.5, 0.6) is 0 Å². The second-order valence-electron chi connectivity index (χ2n) is 7.49. The number of benzene rings is 1. The van der Waals surface area contributed by atoms with Gasteiger partial charge in [0.1, 0.15) is 16.3 Å². The van der Waals surface area contributed by atoms with Gasteiger partial charge < -0.3 is 8.94 Å². The number of amides is 2. The number of carbonyl (C=O) groups is 2. The number of para-hydroxylation sites is 1. The number of hydrazine groups is 1. The molecule has 0 fully saturated rings. The molecule has 3 aromatic heterocycles. The van der Waals surface area contributed by atoms with Crippen molar-refractivity contribution in [3.8, 4) is 11.5 Å². The highest BCUT2D eigenvalue weighted by atomic mass is 32.2. The van der Waals surface area contributed by atoms with Crippen LogP contribution in [0.2, 0.25) is 0 Å². The average molecular weight is 484 g/mol. The standard InChI is InChI=1S/C22H21N5O6S/c1-12-20(14(3)33-26-12)34(30,31)27-13(2)21(28)24-25-22(29)16-11-18(19-9-6-10-32-19)23-17-8-5-4-7-15(16)17/h4-11,13,27H,1-3H3,(H,24,28)(H,25,29)/t13-/m0/s1. The summed E-state index contributed by atoms with van der Waals surface area (Å²) in [7, 11) is -4.07. The smallest absolute Gasteiger partial charge is 0.270 e. The van der Waals surface area contributed by atoms with Gasteiger partial charge in [-0.05, 0) is 45.0 Å². The van der Waals surface area contributed by atoms with E-state index in [9.17, 15) is 18.0 Å². The number of fused-ring (bicyclic) bond motifs is 1. The molecule has 1 aromatic carbocycles. The molecular formula is C22H21N5O6S. The molecule has 3 heterocycles. The van der Waals surface area contributed by atoms with Crippen LogP contribution in [0.1, 0.15) is 28.7 Å². The van der Waals surface area contributed by atoms with Gasteiger partial charge in [0.2, 0.25) is 10.0 Å². The van der Waals surface area contributed by atoms with Gasteiger partial charge in [0.15, 0.2) is 11.5 Å². The van der Waals surface area contributed by atoms with Crippen LogP contribution < -0.4 is 15.6 Å². The fraction of sp³-hybridized carbons (Fsp3) is 0.182. The number of hydrogen-bond acceptors (Lipinski definition) is 8. The van der Waals surface area contributed by atoms with Gasteiger partial charge >= 0.3 is 0 Å². The number of carbonyl (C=O) groups excluding carboxylic acids is 2. The minimum absolute atomic E-state index is 0.0998. The van der Waals surface area contributed by atoms with Crippen molar-refractivity contribution in [1.29, 1.82) is 0 Å². The first-order valence-corrected chi connectivity index (χ1v) is 11.6. The lowest BCUT2D eigenvalue weighted by atomic mass is 10.1. The van der Waals surface area contributed by atoms with Crippen molar-refractivity contribution < 1.29 is 26.9 Å². The summed E-state index contributed by atoms with van der Waals surface area (Å²) in [5, 5.41) is 4.18. The fourth-order valence-corrected chi connectivity index (χ4v) is 4.94. The van der Waals surface area contributed by atoms with Crippen LogP contribution in [0, 0.1) is 13.8 Å². The zero-order chi connectivity index (χ0) is 24.5. The highest BCUT2D eigenvalue weighted by Gasteiger charge is 2.28. The first-order chi connectivity index (χ1) is 16.2. The van der Waals surface area contributed by atoms with Crippen LogP contribution in [0.15, 0.2) is 62.6 Å². The molecular weight excluding hydrogens is 462 g/mol. The van der Waals surface area contributed by atoms with E-state index in [0.29, 0.717) is 22.4 Å². The van der Waals surface area contributed by atoms with Crippen molar-refractivity contribution in [2.45, 2.75) is 31.7 Å². The molecule has 0 saturated heterocycles. The van der Waals surface area contributed by atoms with Crippen LogP contribution in [0.4, 0.5) is 0 Å². The maximum absolute atomic E-state index is 12.9.